The lowest BCUT2D eigenvalue weighted by molar-refractivity contribution is 0.0502. The summed E-state index contributed by atoms with van der Waals surface area (Å²) < 4.78 is 4.85. The van der Waals surface area contributed by atoms with E-state index in [2.05, 4.69) is 0 Å². The fraction of sp³-hybridized carbons (Fsp3) is 0.300. The van der Waals surface area contributed by atoms with E-state index in [1.165, 1.54) is 12.1 Å². The number of esters is 1. The minimum absolute atomic E-state index is 0.0721. The molecule has 0 aromatic heterocycles. The molecule has 0 spiro atoms. The second-order valence-corrected chi connectivity index (χ2v) is 3.70. The molecule has 0 saturated heterocycles. The number of carbonyl (C=O) groups excluding carboxylic acids is 1. The first-order chi connectivity index (χ1) is 7.07. The summed E-state index contributed by atoms with van der Waals surface area (Å²) in [6.07, 6.45) is 0.699. The Labute approximate surface area is 97.6 Å². The minimum atomic E-state index is -0.665. The average Bonchev–Trinajstić information content (AvgIpc) is 2.21. The van der Waals surface area contributed by atoms with Crippen molar-refractivity contribution in [3.63, 3.8) is 0 Å². The fourth-order valence-corrected chi connectivity index (χ4v) is 1.39. The molecule has 3 nitrogen and oxygen atoms in total. The maximum atomic E-state index is 11.5. The molecule has 1 aromatic carbocycles. The van der Waals surface area contributed by atoms with Crippen molar-refractivity contribution in [1.82, 2.24) is 0 Å². The van der Waals surface area contributed by atoms with E-state index < -0.39 is 5.97 Å². The second kappa shape index (κ2) is 5.24. The van der Waals surface area contributed by atoms with Crippen LogP contribution in [-0.4, -0.2) is 17.7 Å². The highest BCUT2D eigenvalue weighted by molar-refractivity contribution is 6.36. The molecule has 82 valence electrons. The minimum Gasteiger partial charge on any atom is -0.505 e. The van der Waals surface area contributed by atoms with Crippen LogP contribution in [0, 0.1) is 0 Å². The molecule has 0 heterocycles. The highest BCUT2D eigenvalue weighted by Gasteiger charge is 2.19. The highest BCUT2D eigenvalue weighted by atomic mass is 35.5. The van der Waals surface area contributed by atoms with Gasteiger partial charge in [0.15, 0.2) is 0 Å². The van der Waals surface area contributed by atoms with E-state index in [9.17, 15) is 9.90 Å². The lowest BCUT2D eigenvalue weighted by Crippen LogP contribution is -2.07. The van der Waals surface area contributed by atoms with Gasteiger partial charge in [0, 0.05) is 0 Å². The van der Waals surface area contributed by atoms with Crippen LogP contribution in [0.3, 0.4) is 0 Å². The number of phenols is 1. The van der Waals surface area contributed by atoms with Crippen LogP contribution in [0.1, 0.15) is 23.7 Å². The summed E-state index contributed by atoms with van der Waals surface area (Å²) in [7, 11) is 0. The molecule has 0 atom stereocenters. The van der Waals surface area contributed by atoms with Gasteiger partial charge in [0.05, 0.1) is 16.7 Å². The summed E-state index contributed by atoms with van der Waals surface area (Å²) in [6, 6.07) is 2.85. The number of aromatic hydroxyl groups is 1. The second-order valence-electron chi connectivity index (χ2n) is 2.89. The van der Waals surface area contributed by atoms with Gasteiger partial charge in [-0.25, -0.2) is 4.79 Å². The number of hydrogen-bond donors (Lipinski definition) is 1. The van der Waals surface area contributed by atoms with E-state index in [1.54, 1.807) is 0 Å². The van der Waals surface area contributed by atoms with E-state index in [-0.39, 0.29) is 28.0 Å². The van der Waals surface area contributed by atoms with Crippen LogP contribution in [0.15, 0.2) is 12.1 Å². The van der Waals surface area contributed by atoms with Gasteiger partial charge in [-0.3, -0.25) is 0 Å². The lowest BCUT2D eigenvalue weighted by atomic mass is 10.2. The third-order valence-corrected chi connectivity index (χ3v) is 2.34. The first-order valence-corrected chi connectivity index (χ1v) is 5.17. The molecule has 1 aromatic rings. The molecular weight excluding hydrogens is 239 g/mol. The van der Waals surface area contributed by atoms with Gasteiger partial charge in [-0.05, 0) is 18.6 Å². The molecule has 0 radical (unpaired) electrons. The highest BCUT2D eigenvalue weighted by Crippen LogP contribution is 2.33. The summed E-state index contributed by atoms with van der Waals surface area (Å²) in [6.45, 7) is 2.15. The zero-order valence-corrected chi connectivity index (χ0v) is 9.60. The smallest absolute Gasteiger partial charge is 0.343 e. The molecule has 0 fully saturated rings. The lowest BCUT2D eigenvalue weighted by Gasteiger charge is -2.07. The Morgan fingerprint density at radius 1 is 1.40 bits per heavy atom. The maximum absolute atomic E-state index is 11.5. The molecule has 0 saturated carbocycles. The van der Waals surface area contributed by atoms with E-state index >= 15 is 0 Å². The molecule has 1 rings (SSSR count). The SMILES string of the molecule is CCCOC(=O)c1c(Cl)ccc(Cl)c1O. The number of phenolic OH excluding ortho intramolecular Hbond substituents is 1. The van der Waals surface area contributed by atoms with Crippen molar-refractivity contribution in [3.8, 4) is 5.75 Å². The van der Waals surface area contributed by atoms with E-state index in [0.717, 1.165) is 0 Å². The molecule has 1 N–H and O–H groups in total. The van der Waals surface area contributed by atoms with Crippen molar-refractivity contribution in [2.45, 2.75) is 13.3 Å². The van der Waals surface area contributed by atoms with Crippen molar-refractivity contribution < 1.29 is 14.6 Å². The molecule has 0 aliphatic heterocycles. The van der Waals surface area contributed by atoms with Gasteiger partial charge in [-0.2, -0.15) is 0 Å². The summed E-state index contributed by atoms with van der Waals surface area (Å²) >= 11 is 11.4. The van der Waals surface area contributed by atoms with Gasteiger partial charge in [0.25, 0.3) is 0 Å². The predicted octanol–water partition coefficient (Wildman–Crippen LogP) is 3.27. The molecule has 0 aliphatic carbocycles. The molecule has 5 heteroatoms. The first kappa shape index (κ1) is 12.1. The number of carbonyl (C=O) groups is 1. The largest absolute Gasteiger partial charge is 0.505 e. The third kappa shape index (κ3) is 2.76. The van der Waals surface area contributed by atoms with Crippen molar-refractivity contribution in [1.29, 1.82) is 0 Å². The number of ether oxygens (including phenoxy) is 1. The molecular formula is C10H10Cl2O3. The van der Waals surface area contributed by atoms with Crippen LogP contribution < -0.4 is 0 Å². The number of hydrogen-bond acceptors (Lipinski definition) is 3. The molecule has 0 aliphatic rings. The Morgan fingerprint density at radius 3 is 2.60 bits per heavy atom. The maximum Gasteiger partial charge on any atom is 0.343 e. The Hall–Kier alpha value is -0.930. The standard InChI is InChI=1S/C10H10Cl2O3/c1-2-5-15-10(14)8-6(11)3-4-7(12)9(8)13/h3-4,13H,2,5H2,1H3. The van der Waals surface area contributed by atoms with Gasteiger partial charge < -0.3 is 9.84 Å². The van der Waals surface area contributed by atoms with Crippen molar-refractivity contribution in [2.24, 2.45) is 0 Å². The summed E-state index contributed by atoms with van der Waals surface area (Å²) in [5.74, 6) is -1.01. The van der Waals surface area contributed by atoms with Crippen molar-refractivity contribution in [2.75, 3.05) is 6.61 Å². The van der Waals surface area contributed by atoms with E-state index in [1.807, 2.05) is 6.92 Å². The van der Waals surface area contributed by atoms with Crippen LogP contribution >= 0.6 is 23.2 Å². The zero-order valence-electron chi connectivity index (χ0n) is 8.09. The van der Waals surface area contributed by atoms with Gasteiger partial charge >= 0.3 is 5.97 Å². The van der Waals surface area contributed by atoms with Gasteiger partial charge in [0.1, 0.15) is 11.3 Å². The van der Waals surface area contributed by atoms with Gasteiger partial charge in [-0.15, -0.1) is 0 Å². The van der Waals surface area contributed by atoms with Crippen LogP contribution in [0.2, 0.25) is 10.0 Å². The predicted molar refractivity (Wildman–Crippen MR) is 58.7 cm³/mol. The Kier molecular flexibility index (Phi) is 4.24. The summed E-state index contributed by atoms with van der Waals surface area (Å²) in [5, 5.41) is 9.73. The van der Waals surface area contributed by atoms with Crippen LogP contribution in [-0.2, 0) is 4.74 Å². The zero-order chi connectivity index (χ0) is 11.4. The molecule has 0 unspecified atom stereocenters. The van der Waals surface area contributed by atoms with Gasteiger partial charge in [0.2, 0.25) is 0 Å². The van der Waals surface area contributed by atoms with E-state index in [4.69, 9.17) is 27.9 Å². The Balaban J connectivity index is 3.02. The molecule has 15 heavy (non-hydrogen) atoms. The average molecular weight is 249 g/mol. The van der Waals surface area contributed by atoms with Gasteiger partial charge in [-0.1, -0.05) is 30.1 Å². The normalized spacial score (nSPS) is 10.1. The quantitative estimate of drug-likeness (QED) is 0.836. The third-order valence-electron chi connectivity index (χ3n) is 1.72. The first-order valence-electron chi connectivity index (χ1n) is 4.42. The monoisotopic (exact) mass is 248 g/mol. The number of benzene rings is 1. The van der Waals surface area contributed by atoms with E-state index in [0.29, 0.717) is 6.42 Å². The van der Waals surface area contributed by atoms with Crippen LogP contribution in [0.25, 0.3) is 0 Å². The van der Waals surface area contributed by atoms with Crippen LogP contribution in [0.5, 0.6) is 5.75 Å². The summed E-state index contributed by atoms with van der Waals surface area (Å²) in [5.41, 5.74) is -0.0855. The fourth-order valence-electron chi connectivity index (χ4n) is 1.00. The molecule has 0 bridgehead atoms. The number of halogens is 2. The summed E-state index contributed by atoms with van der Waals surface area (Å²) in [4.78, 5) is 11.5. The molecule has 0 amide bonds. The van der Waals surface area contributed by atoms with Crippen LogP contribution in [0.4, 0.5) is 0 Å². The number of rotatable bonds is 3. The van der Waals surface area contributed by atoms with Crippen molar-refractivity contribution in [3.05, 3.63) is 27.7 Å². The Morgan fingerprint density at radius 2 is 2.00 bits per heavy atom. The van der Waals surface area contributed by atoms with Crippen molar-refractivity contribution >= 4 is 29.2 Å². The Bertz CT molecular complexity index is 377. The topological polar surface area (TPSA) is 46.5 Å².